The second kappa shape index (κ2) is 9.19. The molecule has 3 atom stereocenters. The van der Waals surface area contributed by atoms with Gasteiger partial charge in [-0.3, -0.25) is 19.9 Å². The van der Waals surface area contributed by atoms with Gasteiger partial charge in [-0.1, -0.05) is 23.8 Å². The fourth-order valence-corrected chi connectivity index (χ4v) is 3.25. The number of methoxy groups -OCH3 is 1. The lowest BCUT2D eigenvalue weighted by molar-refractivity contribution is -0.122. The molecule has 0 aromatic carbocycles. The number of pyridine rings is 1. The molecule has 2 aliphatic rings. The van der Waals surface area contributed by atoms with E-state index in [1.807, 2.05) is 6.08 Å². The molecule has 2 heterocycles. The van der Waals surface area contributed by atoms with E-state index in [1.54, 1.807) is 19.3 Å². The number of ether oxygens (including phenoxy) is 1. The number of imide groups is 1. The predicted molar refractivity (Wildman–Crippen MR) is 111 cm³/mol. The second-order valence-electron chi connectivity index (χ2n) is 7.16. The van der Waals surface area contributed by atoms with Gasteiger partial charge in [0.1, 0.15) is 17.3 Å². The van der Waals surface area contributed by atoms with Gasteiger partial charge in [0, 0.05) is 30.0 Å². The van der Waals surface area contributed by atoms with Crippen LogP contribution in [0.25, 0.3) is 0 Å². The maximum Gasteiger partial charge on any atom is 0.323 e. The van der Waals surface area contributed by atoms with Gasteiger partial charge in [0.25, 0.3) is 5.91 Å². The van der Waals surface area contributed by atoms with Gasteiger partial charge in [0.15, 0.2) is 5.54 Å². The van der Waals surface area contributed by atoms with Crippen LogP contribution in [-0.2, 0) is 14.3 Å². The molecule has 0 saturated carbocycles. The molecule has 1 fully saturated rings. The van der Waals surface area contributed by atoms with Crippen molar-refractivity contribution < 1.29 is 24.2 Å². The molecule has 1 aliphatic carbocycles. The Kier molecular flexibility index (Phi) is 6.42. The van der Waals surface area contributed by atoms with Gasteiger partial charge in [0.2, 0.25) is 0 Å². The monoisotopic (exact) mass is 419 g/mol. The minimum atomic E-state index is -1.51. The lowest BCUT2D eigenvalue weighted by atomic mass is 9.83. The number of aromatic nitrogens is 1. The summed E-state index contributed by atoms with van der Waals surface area (Å²) in [5.74, 6) is 10.9. The van der Waals surface area contributed by atoms with Crippen molar-refractivity contribution in [2.45, 2.75) is 25.3 Å². The topological polar surface area (TPSA) is 118 Å². The first kappa shape index (κ1) is 21.7. The molecule has 158 valence electrons. The van der Waals surface area contributed by atoms with Crippen LogP contribution in [-0.4, -0.2) is 40.5 Å². The highest BCUT2D eigenvalue weighted by Gasteiger charge is 2.44. The van der Waals surface area contributed by atoms with Gasteiger partial charge in [-0.15, -0.1) is 5.92 Å². The Morgan fingerprint density at radius 2 is 2.13 bits per heavy atom. The molecule has 1 aromatic heterocycles. The highest BCUT2D eigenvalue weighted by Crippen LogP contribution is 2.27. The molecular formula is C23H21N3O5. The number of Topliss-reactive ketones (excluding diaryl/α,β-unsaturated/α-hetero) is 1. The van der Waals surface area contributed by atoms with E-state index in [0.717, 1.165) is 0 Å². The lowest BCUT2D eigenvalue weighted by Crippen LogP contribution is -2.45. The normalized spacial score (nSPS) is 24.0. The highest BCUT2D eigenvalue weighted by atomic mass is 16.5. The van der Waals surface area contributed by atoms with E-state index in [2.05, 4.69) is 39.3 Å². The van der Waals surface area contributed by atoms with Gasteiger partial charge in [-0.2, -0.15) is 0 Å². The van der Waals surface area contributed by atoms with Gasteiger partial charge < -0.3 is 15.2 Å². The van der Waals surface area contributed by atoms with Crippen molar-refractivity contribution in [2.24, 2.45) is 11.8 Å². The van der Waals surface area contributed by atoms with Gasteiger partial charge in [0.05, 0.1) is 19.7 Å². The van der Waals surface area contributed by atoms with Crippen molar-refractivity contribution >= 4 is 17.7 Å². The van der Waals surface area contributed by atoms with E-state index in [1.165, 1.54) is 25.4 Å². The average Bonchev–Trinajstić information content (AvgIpc) is 3.03. The Hall–Kier alpha value is -4.04. The third kappa shape index (κ3) is 5.12. The fraction of sp³-hybridized carbons (Fsp3) is 0.304. The minimum absolute atomic E-state index is 0.00944. The molecule has 3 N–H and O–H groups in total. The summed E-state index contributed by atoms with van der Waals surface area (Å²) in [6, 6.07) is 0.742. The Morgan fingerprint density at radius 1 is 1.32 bits per heavy atom. The Morgan fingerprint density at radius 3 is 2.77 bits per heavy atom. The van der Waals surface area contributed by atoms with Crippen molar-refractivity contribution in [2.75, 3.05) is 7.11 Å². The molecule has 0 bridgehead atoms. The van der Waals surface area contributed by atoms with Crippen molar-refractivity contribution in [3.05, 3.63) is 48.0 Å². The quantitative estimate of drug-likeness (QED) is 0.502. The number of ketones is 1. The molecule has 3 rings (SSSR count). The summed E-state index contributed by atoms with van der Waals surface area (Å²) >= 11 is 0. The number of carbonyl (C=O) groups is 3. The van der Waals surface area contributed by atoms with Crippen LogP contribution in [0, 0.1) is 35.5 Å². The third-order valence-corrected chi connectivity index (χ3v) is 4.92. The summed E-state index contributed by atoms with van der Waals surface area (Å²) in [6.07, 6.45) is 8.50. The zero-order valence-electron chi connectivity index (χ0n) is 17.1. The average molecular weight is 419 g/mol. The molecule has 0 radical (unpaired) electrons. The number of aromatic hydroxyl groups is 1. The molecular weight excluding hydrogens is 398 g/mol. The summed E-state index contributed by atoms with van der Waals surface area (Å²) in [5, 5.41) is 14.2. The maximum atomic E-state index is 12.4. The molecule has 8 heteroatoms. The lowest BCUT2D eigenvalue weighted by Gasteiger charge is -2.22. The number of nitrogens with zero attached hydrogens (tertiary/aromatic N) is 1. The SMILES string of the molecule is COC1=CC(C(C)=O)C(CC#CC[C@@]2(C#Cc3cncc(O)c3)NC(=O)NC2=O)C=C1. The van der Waals surface area contributed by atoms with Gasteiger partial charge in [-0.05, 0) is 25.1 Å². The molecule has 31 heavy (non-hydrogen) atoms. The van der Waals surface area contributed by atoms with E-state index >= 15 is 0 Å². The zero-order valence-corrected chi connectivity index (χ0v) is 17.1. The van der Waals surface area contributed by atoms with Crippen LogP contribution in [0.5, 0.6) is 5.75 Å². The Labute approximate surface area is 179 Å². The van der Waals surface area contributed by atoms with Gasteiger partial charge in [-0.25, -0.2) is 4.79 Å². The number of allylic oxidation sites excluding steroid dienone is 3. The summed E-state index contributed by atoms with van der Waals surface area (Å²) in [5.41, 5.74) is -1.13. The Balaban J connectivity index is 1.76. The zero-order chi connectivity index (χ0) is 22.4. The van der Waals surface area contributed by atoms with Crippen LogP contribution in [0.2, 0.25) is 0 Å². The van der Waals surface area contributed by atoms with Crippen molar-refractivity contribution in [3.63, 3.8) is 0 Å². The fourth-order valence-electron chi connectivity index (χ4n) is 3.25. The van der Waals surface area contributed by atoms with Crippen LogP contribution in [0.15, 0.2) is 42.4 Å². The van der Waals surface area contributed by atoms with Crippen LogP contribution in [0.4, 0.5) is 4.79 Å². The predicted octanol–water partition coefficient (Wildman–Crippen LogP) is 1.42. The molecule has 1 aliphatic heterocycles. The third-order valence-electron chi connectivity index (χ3n) is 4.92. The van der Waals surface area contributed by atoms with Crippen molar-refractivity contribution in [1.29, 1.82) is 0 Å². The first-order valence-corrected chi connectivity index (χ1v) is 9.54. The number of carbonyl (C=O) groups excluding carboxylic acids is 3. The first-order chi connectivity index (χ1) is 14.8. The van der Waals surface area contributed by atoms with Crippen molar-refractivity contribution in [1.82, 2.24) is 15.6 Å². The van der Waals surface area contributed by atoms with E-state index in [4.69, 9.17) is 4.74 Å². The molecule has 1 aromatic rings. The molecule has 8 nitrogen and oxygen atoms in total. The second-order valence-corrected chi connectivity index (χ2v) is 7.16. The minimum Gasteiger partial charge on any atom is -0.506 e. The van der Waals surface area contributed by atoms with Gasteiger partial charge >= 0.3 is 6.03 Å². The smallest absolute Gasteiger partial charge is 0.323 e. The first-order valence-electron chi connectivity index (χ1n) is 9.54. The van der Waals surface area contributed by atoms with E-state index in [-0.39, 0.29) is 29.8 Å². The van der Waals surface area contributed by atoms with Crippen LogP contribution < -0.4 is 10.6 Å². The number of hydrogen-bond donors (Lipinski definition) is 3. The summed E-state index contributed by atoms with van der Waals surface area (Å²) < 4.78 is 5.18. The number of hydrogen-bond acceptors (Lipinski definition) is 6. The van der Waals surface area contributed by atoms with E-state index in [9.17, 15) is 19.5 Å². The van der Waals surface area contributed by atoms with Crippen LogP contribution in [0.3, 0.4) is 0 Å². The number of amides is 3. The Bertz CT molecular complexity index is 1100. The standard InChI is InChI=1S/C23H21N3O5/c1-15(27)20-12-19(31-2)7-6-17(20)5-3-4-9-23(21(29)25-22(30)26-23)10-8-16-11-18(28)14-24-13-16/h6-7,11-14,17,20,28H,5,9H2,1-2H3,(H2,25,26,29,30)/t17?,20?,23-/m0/s1. The number of rotatable bonds is 4. The van der Waals surface area contributed by atoms with Crippen LogP contribution >= 0.6 is 0 Å². The summed E-state index contributed by atoms with van der Waals surface area (Å²) in [6.45, 7) is 1.52. The van der Waals surface area contributed by atoms with E-state index < -0.39 is 17.5 Å². The number of urea groups is 1. The highest BCUT2D eigenvalue weighted by molar-refractivity contribution is 6.09. The van der Waals surface area contributed by atoms with Crippen molar-refractivity contribution in [3.8, 4) is 29.4 Å². The number of nitrogens with one attached hydrogen (secondary N) is 2. The molecule has 3 amide bonds. The largest absolute Gasteiger partial charge is 0.506 e. The van der Waals surface area contributed by atoms with Crippen LogP contribution in [0.1, 0.15) is 25.3 Å². The molecule has 2 unspecified atom stereocenters. The molecule has 1 saturated heterocycles. The maximum absolute atomic E-state index is 12.4. The van der Waals surface area contributed by atoms with E-state index in [0.29, 0.717) is 17.7 Å². The molecule has 0 spiro atoms. The summed E-state index contributed by atoms with van der Waals surface area (Å²) in [7, 11) is 1.54. The summed E-state index contributed by atoms with van der Waals surface area (Å²) in [4.78, 5) is 39.9.